The monoisotopic (exact) mass is 446 g/mol. The van der Waals surface area contributed by atoms with Gasteiger partial charge in [-0.3, -0.25) is 9.10 Å². The quantitative estimate of drug-likeness (QED) is 0.698. The number of carbonyl (C=O) groups is 1. The van der Waals surface area contributed by atoms with E-state index in [-0.39, 0.29) is 15.7 Å². The molecular weight excluding hydrogens is 427 g/mol. The molecule has 0 unspecified atom stereocenters. The third kappa shape index (κ3) is 5.01. The average Bonchev–Trinajstić information content (AvgIpc) is 2.63. The molecule has 1 amide bonds. The van der Waals surface area contributed by atoms with E-state index in [9.17, 15) is 13.2 Å². The van der Waals surface area contributed by atoms with Crippen LogP contribution in [0.5, 0.6) is 11.5 Å². The van der Waals surface area contributed by atoms with Crippen LogP contribution in [0.25, 0.3) is 0 Å². The van der Waals surface area contributed by atoms with Crippen molar-refractivity contribution < 1.29 is 22.7 Å². The normalized spacial score (nSPS) is 12.2. The van der Waals surface area contributed by atoms with E-state index in [1.165, 1.54) is 39.3 Å². The number of sulfonamides is 1. The fraction of sp³-hybridized carbons (Fsp3) is 0.278. The highest BCUT2D eigenvalue weighted by atomic mass is 35.5. The molecule has 7 nitrogen and oxygen atoms in total. The Labute approximate surface area is 174 Å². The number of amides is 1. The third-order valence-electron chi connectivity index (χ3n) is 3.91. The van der Waals surface area contributed by atoms with E-state index in [4.69, 9.17) is 32.7 Å². The van der Waals surface area contributed by atoms with Gasteiger partial charge in [-0.05, 0) is 37.3 Å². The first-order chi connectivity index (χ1) is 13.1. The number of anilines is 2. The molecule has 0 bridgehead atoms. The van der Waals surface area contributed by atoms with Crippen LogP contribution in [0, 0.1) is 0 Å². The summed E-state index contributed by atoms with van der Waals surface area (Å²) in [4.78, 5) is 12.8. The summed E-state index contributed by atoms with van der Waals surface area (Å²) in [7, 11) is -0.830. The van der Waals surface area contributed by atoms with Gasteiger partial charge < -0.3 is 14.8 Å². The van der Waals surface area contributed by atoms with Gasteiger partial charge in [-0.15, -0.1) is 0 Å². The second-order valence-electron chi connectivity index (χ2n) is 5.89. The second kappa shape index (κ2) is 8.89. The summed E-state index contributed by atoms with van der Waals surface area (Å²) in [5.74, 6) is 0.372. The number of methoxy groups -OCH3 is 2. The Morgan fingerprint density at radius 2 is 1.75 bits per heavy atom. The number of hydrogen-bond acceptors (Lipinski definition) is 5. The number of nitrogens with zero attached hydrogens (tertiary/aromatic N) is 1. The van der Waals surface area contributed by atoms with Crippen LogP contribution in [0.15, 0.2) is 36.4 Å². The van der Waals surface area contributed by atoms with Crippen molar-refractivity contribution in [3.8, 4) is 11.5 Å². The SMILES string of the molecule is COc1ccc(NC(=O)[C@@H](C)N(c2ccc(Cl)c(Cl)c2)S(C)(=O)=O)c(OC)c1. The van der Waals surface area contributed by atoms with Crippen molar-refractivity contribution in [3.05, 3.63) is 46.4 Å². The van der Waals surface area contributed by atoms with Crippen LogP contribution in [0.2, 0.25) is 10.0 Å². The predicted molar refractivity (Wildman–Crippen MR) is 111 cm³/mol. The van der Waals surface area contributed by atoms with Gasteiger partial charge in [0.2, 0.25) is 15.9 Å². The Morgan fingerprint density at radius 1 is 1.07 bits per heavy atom. The fourth-order valence-corrected chi connectivity index (χ4v) is 4.03. The molecule has 0 heterocycles. The topological polar surface area (TPSA) is 84.9 Å². The summed E-state index contributed by atoms with van der Waals surface area (Å²) in [6.45, 7) is 1.47. The highest BCUT2D eigenvalue weighted by Gasteiger charge is 2.30. The van der Waals surface area contributed by atoms with Gasteiger partial charge >= 0.3 is 0 Å². The van der Waals surface area contributed by atoms with Gasteiger partial charge in [-0.2, -0.15) is 0 Å². The lowest BCUT2D eigenvalue weighted by Gasteiger charge is -2.28. The first kappa shape index (κ1) is 22.1. The van der Waals surface area contributed by atoms with Crippen molar-refractivity contribution in [1.82, 2.24) is 0 Å². The number of halogens is 2. The highest BCUT2D eigenvalue weighted by molar-refractivity contribution is 7.92. The van der Waals surface area contributed by atoms with E-state index in [1.807, 2.05) is 0 Å². The first-order valence-corrected chi connectivity index (χ1v) is 10.7. The van der Waals surface area contributed by atoms with E-state index >= 15 is 0 Å². The Kier molecular flexibility index (Phi) is 7.03. The van der Waals surface area contributed by atoms with Crippen molar-refractivity contribution in [1.29, 1.82) is 0 Å². The van der Waals surface area contributed by atoms with Crippen LogP contribution in [-0.4, -0.2) is 40.8 Å². The van der Waals surface area contributed by atoms with E-state index in [0.717, 1.165) is 10.6 Å². The molecule has 10 heteroatoms. The molecule has 152 valence electrons. The largest absolute Gasteiger partial charge is 0.497 e. The lowest BCUT2D eigenvalue weighted by molar-refractivity contribution is -0.116. The number of carbonyl (C=O) groups excluding carboxylic acids is 1. The van der Waals surface area contributed by atoms with Crippen LogP contribution in [-0.2, 0) is 14.8 Å². The van der Waals surface area contributed by atoms with Crippen molar-refractivity contribution in [2.24, 2.45) is 0 Å². The third-order valence-corrected chi connectivity index (χ3v) is 5.89. The lowest BCUT2D eigenvalue weighted by atomic mass is 10.2. The van der Waals surface area contributed by atoms with Crippen molar-refractivity contribution in [2.75, 3.05) is 30.1 Å². The zero-order valence-electron chi connectivity index (χ0n) is 15.7. The number of hydrogen-bond donors (Lipinski definition) is 1. The van der Waals surface area contributed by atoms with E-state index < -0.39 is 22.0 Å². The summed E-state index contributed by atoms with van der Waals surface area (Å²) in [6, 6.07) is 8.12. The molecule has 0 aromatic heterocycles. The molecular formula is C18H20Cl2N2O5S. The van der Waals surface area contributed by atoms with E-state index in [1.54, 1.807) is 18.2 Å². The molecule has 0 saturated carbocycles. The second-order valence-corrected chi connectivity index (χ2v) is 8.56. The minimum atomic E-state index is -3.79. The van der Waals surface area contributed by atoms with Gasteiger partial charge in [-0.1, -0.05) is 23.2 Å². The average molecular weight is 447 g/mol. The molecule has 0 radical (unpaired) electrons. The maximum atomic E-state index is 12.8. The van der Waals surface area contributed by atoms with Gasteiger partial charge in [-0.25, -0.2) is 8.42 Å². The number of ether oxygens (including phenoxy) is 2. The van der Waals surface area contributed by atoms with Crippen LogP contribution < -0.4 is 19.1 Å². The van der Waals surface area contributed by atoms with E-state index in [2.05, 4.69) is 5.32 Å². The Bertz CT molecular complexity index is 982. The molecule has 2 aromatic carbocycles. The first-order valence-electron chi connectivity index (χ1n) is 8.05. The Balaban J connectivity index is 2.36. The van der Waals surface area contributed by atoms with Crippen molar-refractivity contribution in [2.45, 2.75) is 13.0 Å². The maximum absolute atomic E-state index is 12.8. The lowest BCUT2D eigenvalue weighted by Crippen LogP contribution is -2.45. The van der Waals surface area contributed by atoms with Gasteiger partial charge in [0.25, 0.3) is 0 Å². The predicted octanol–water partition coefficient (Wildman–Crippen LogP) is 3.80. The summed E-state index contributed by atoms with van der Waals surface area (Å²) in [5, 5.41) is 3.13. The molecule has 2 rings (SSSR count). The minimum Gasteiger partial charge on any atom is -0.497 e. The summed E-state index contributed by atoms with van der Waals surface area (Å²) < 4.78 is 36.1. The molecule has 2 aromatic rings. The summed E-state index contributed by atoms with van der Waals surface area (Å²) >= 11 is 11.9. The van der Waals surface area contributed by atoms with Crippen LogP contribution in [0.1, 0.15) is 6.92 Å². The Hall–Kier alpha value is -2.16. The smallest absolute Gasteiger partial charge is 0.248 e. The molecule has 0 saturated heterocycles. The number of benzene rings is 2. The van der Waals surface area contributed by atoms with Crippen molar-refractivity contribution >= 4 is 50.5 Å². The maximum Gasteiger partial charge on any atom is 0.248 e. The molecule has 28 heavy (non-hydrogen) atoms. The highest BCUT2D eigenvalue weighted by Crippen LogP contribution is 2.31. The minimum absolute atomic E-state index is 0.178. The van der Waals surface area contributed by atoms with E-state index in [0.29, 0.717) is 17.2 Å². The molecule has 1 atom stereocenters. The molecule has 0 fully saturated rings. The summed E-state index contributed by atoms with van der Waals surface area (Å²) in [6.07, 6.45) is 1.01. The van der Waals surface area contributed by atoms with Crippen LogP contribution in [0.3, 0.4) is 0 Å². The molecule has 0 aliphatic rings. The van der Waals surface area contributed by atoms with Gasteiger partial charge in [0.15, 0.2) is 0 Å². The molecule has 1 N–H and O–H groups in total. The standard InChI is InChI=1S/C18H20Cl2N2O5S/c1-11(18(23)21-16-8-6-13(26-2)10-17(16)27-3)22(28(4,24)25)12-5-7-14(19)15(20)9-12/h5-11H,1-4H3,(H,21,23)/t11-/m1/s1. The molecule has 0 aliphatic heterocycles. The molecule has 0 aliphatic carbocycles. The van der Waals surface area contributed by atoms with Crippen molar-refractivity contribution in [3.63, 3.8) is 0 Å². The van der Waals surface area contributed by atoms with Gasteiger partial charge in [0.05, 0.1) is 41.9 Å². The molecule has 0 spiro atoms. The Morgan fingerprint density at radius 3 is 2.29 bits per heavy atom. The zero-order valence-corrected chi connectivity index (χ0v) is 18.0. The number of rotatable bonds is 7. The summed E-state index contributed by atoms with van der Waals surface area (Å²) in [5.41, 5.74) is 0.601. The number of nitrogens with one attached hydrogen (secondary N) is 1. The van der Waals surface area contributed by atoms with Gasteiger partial charge in [0, 0.05) is 6.07 Å². The zero-order chi connectivity index (χ0) is 21.1. The van der Waals surface area contributed by atoms with Crippen LogP contribution >= 0.6 is 23.2 Å². The fourth-order valence-electron chi connectivity index (χ4n) is 2.57. The van der Waals surface area contributed by atoms with Crippen LogP contribution in [0.4, 0.5) is 11.4 Å². The van der Waals surface area contributed by atoms with Gasteiger partial charge in [0.1, 0.15) is 17.5 Å².